The smallest absolute Gasteiger partial charge is 0.0290 e. The average Bonchev–Trinajstić information content (AvgIpc) is 2.59. The Balaban J connectivity index is 1.79. The molecule has 1 aliphatic rings. The molecule has 1 saturated heterocycles. The third kappa shape index (κ3) is 7.06. The number of unbranched alkanes of at least 4 members (excludes halogenated alkanes) is 4. The first-order valence-corrected chi connectivity index (χ1v) is 9.33. The Hall–Kier alpha value is -1.52. The van der Waals surface area contributed by atoms with Gasteiger partial charge in [-0.2, -0.15) is 0 Å². The second-order valence-corrected chi connectivity index (χ2v) is 6.51. The molecule has 1 atom stereocenters. The third-order valence-corrected chi connectivity index (χ3v) is 4.55. The van der Waals surface area contributed by atoms with Gasteiger partial charge in [-0.3, -0.25) is 4.90 Å². The maximum absolute atomic E-state index is 3.29. The van der Waals surface area contributed by atoms with Crippen LogP contribution < -0.4 is 0 Å². The van der Waals surface area contributed by atoms with Crippen LogP contribution >= 0.6 is 0 Å². The Kier molecular flexibility index (Phi) is 8.59. The van der Waals surface area contributed by atoms with E-state index in [2.05, 4.69) is 66.1 Å². The van der Waals surface area contributed by atoms with Crippen LogP contribution in [0.4, 0.5) is 0 Å². The molecule has 1 aromatic rings. The van der Waals surface area contributed by atoms with Crippen LogP contribution in [0.1, 0.15) is 63.9 Å². The fraction of sp³-hybridized carbons (Fsp3) is 0.545. The van der Waals surface area contributed by atoms with Gasteiger partial charge >= 0.3 is 0 Å². The van der Waals surface area contributed by atoms with E-state index in [1.807, 2.05) is 0 Å². The van der Waals surface area contributed by atoms with Crippen molar-refractivity contribution in [1.82, 2.24) is 4.90 Å². The predicted molar refractivity (Wildman–Crippen MR) is 100 cm³/mol. The summed E-state index contributed by atoms with van der Waals surface area (Å²) in [5, 5.41) is 0. The molecule has 0 aliphatic carbocycles. The molecule has 23 heavy (non-hydrogen) atoms. The fourth-order valence-corrected chi connectivity index (χ4v) is 3.18. The van der Waals surface area contributed by atoms with Crippen molar-refractivity contribution in [1.29, 1.82) is 0 Å². The molecule has 0 N–H and O–H groups in total. The van der Waals surface area contributed by atoms with Crippen molar-refractivity contribution in [3.8, 4) is 11.8 Å². The van der Waals surface area contributed by atoms with Gasteiger partial charge in [0.2, 0.25) is 0 Å². The summed E-state index contributed by atoms with van der Waals surface area (Å²) in [5.74, 6) is 6.53. The molecule has 1 heterocycles. The van der Waals surface area contributed by atoms with Gasteiger partial charge in [0.15, 0.2) is 0 Å². The molecule has 1 fully saturated rings. The Morgan fingerprint density at radius 3 is 2.83 bits per heavy atom. The minimum Gasteiger partial charge on any atom is -0.293 e. The molecule has 0 amide bonds. The van der Waals surface area contributed by atoms with Crippen LogP contribution in [0.15, 0.2) is 42.5 Å². The molecular weight excluding hydrogens is 278 g/mol. The molecule has 1 aliphatic heterocycles. The lowest BCUT2D eigenvalue weighted by molar-refractivity contribution is 0.172. The van der Waals surface area contributed by atoms with E-state index in [-0.39, 0.29) is 0 Å². The van der Waals surface area contributed by atoms with Crippen molar-refractivity contribution in [3.05, 3.63) is 48.0 Å². The molecule has 2 rings (SSSR count). The first kappa shape index (κ1) is 17.8. The van der Waals surface area contributed by atoms with Crippen LogP contribution in [0.2, 0.25) is 0 Å². The van der Waals surface area contributed by atoms with Crippen LogP contribution in [-0.2, 0) is 6.54 Å². The van der Waals surface area contributed by atoms with Crippen molar-refractivity contribution >= 4 is 0 Å². The van der Waals surface area contributed by atoms with E-state index in [0.29, 0.717) is 6.04 Å². The predicted octanol–water partition coefficient (Wildman–Crippen LogP) is 5.57. The SMILES string of the molecule is CCCCCCC#C/C=C/C1CCCCN1Cc1ccccc1. The molecule has 0 spiro atoms. The number of piperidine rings is 1. The van der Waals surface area contributed by atoms with E-state index in [1.165, 1.54) is 57.1 Å². The number of likely N-dealkylation sites (tertiary alicyclic amines) is 1. The molecule has 1 unspecified atom stereocenters. The number of allylic oxidation sites excluding steroid dienone is 1. The minimum atomic E-state index is 0.554. The van der Waals surface area contributed by atoms with Crippen LogP contribution in [0, 0.1) is 11.8 Å². The Labute approximate surface area is 142 Å². The van der Waals surface area contributed by atoms with Crippen LogP contribution in [0.5, 0.6) is 0 Å². The highest BCUT2D eigenvalue weighted by atomic mass is 15.2. The second kappa shape index (κ2) is 11.1. The summed E-state index contributed by atoms with van der Waals surface area (Å²) < 4.78 is 0. The monoisotopic (exact) mass is 309 g/mol. The highest BCUT2D eigenvalue weighted by Gasteiger charge is 2.19. The van der Waals surface area contributed by atoms with Gasteiger partial charge in [-0.05, 0) is 37.4 Å². The lowest BCUT2D eigenvalue weighted by Crippen LogP contribution is -2.37. The summed E-state index contributed by atoms with van der Waals surface area (Å²) in [5.41, 5.74) is 1.41. The zero-order chi connectivity index (χ0) is 16.2. The number of nitrogens with zero attached hydrogens (tertiary/aromatic N) is 1. The zero-order valence-corrected chi connectivity index (χ0v) is 14.6. The third-order valence-electron chi connectivity index (χ3n) is 4.55. The standard InChI is InChI=1S/C22H31N/c1-2-3-4-5-6-7-8-12-17-22-18-13-14-19-23(22)20-21-15-10-9-11-16-21/h9-12,15-17,22H,2-6,13-14,18-20H2,1H3/b17-12+. The van der Waals surface area contributed by atoms with Crippen molar-refractivity contribution < 1.29 is 0 Å². The van der Waals surface area contributed by atoms with E-state index >= 15 is 0 Å². The second-order valence-electron chi connectivity index (χ2n) is 6.51. The van der Waals surface area contributed by atoms with E-state index in [4.69, 9.17) is 0 Å². The number of rotatable bonds is 7. The largest absolute Gasteiger partial charge is 0.293 e. The van der Waals surface area contributed by atoms with Crippen molar-refractivity contribution in [2.75, 3.05) is 6.54 Å². The van der Waals surface area contributed by atoms with Gasteiger partial charge in [0.1, 0.15) is 0 Å². The van der Waals surface area contributed by atoms with E-state index in [9.17, 15) is 0 Å². The van der Waals surface area contributed by atoms with Crippen LogP contribution in [0.3, 0.4) is 0 Å². The van der Waals surface area contributed by atoms with E-state index < -0.39 is 0 Å². The van der Waals surface area contributed by atoms with Crippen molar-refractivity contribution in [3.63, 3.8) is 0 Å². The summed E-state index contributed by atoms with van der Waals surface area (Å²) in [6, 6.07) is 11.4. The highest BCUT2D eigenvalue weighted by molar-refractivity contribution is 5.19. The molecule has 0 aromatic heterocycles. The number of hydrogen-bond acceptors (Lipinski definition) is 1. The Morgan fingerprint density at radius 2 is 2.00 bits per heavy atom. The summed E-state index contributed by atoms with van der Waals surface area (Å²) in [7, 11) is 0. The molecule has 1 nitrogen and oxygen atoms in total. The number of benzene rings is 1. The summed E-state index contributed by atoms with van der Waals surface area (Å²) in [6.45, 7) is 4.51. The van der Waals surface area contributed by atoms with Gasteiger partial charge in [0.05, 0.1) is 0 Å². The minimum absolute atomic E-state index is 0.554. The Morgan fingerprint density at radius 1 is 1.13 bits per heavy atom. The van der Waals surface area contributed by atoms with Gasteiger partial charge in [-0.1, -0.05) is 80.9 Å². The van der Waals surface area contributed by atoms with Gasteiger partial charge < -0.3 is 0 Å². The Bertz CT molecular complexity index is 506. The summed E-state index contributed by atoms with van der Waals surface area (Å²) in [4.78, 5) is 2.60. The lowest BCUT2D eigenvalue weighted by Gasteiger charge is -2.33. The van der Waals surface area contributed by atoms with Gasteiger partial charge in [-0.15, -0.1) is 0 Å². The summed E-state index contributed by atoms with van der Waals surface area (Å²) in [6.07, 6.45) is 14.6. The van der Waals surface area contributed by atoms with Crippen molar-refractivity contribution in [2.24, 2.45) is 0 Å². The van der Waals surface area contributed by atoms with E-state index in [1.54, 1.807) is 0 Å². The number of hydrogen-bond donors (Lipinski definition) is 0. The topological polar surface area (TPSA) is 3.24 Å². The molecule has 0 bridgehead atoms. The molecule has 1 aromatic carbocycles. The van der Waals surface area contributed by atoms with Gasteiger partial charge in [0.25, 0.3) is 0 Å². The molecule has 0 radical (unpaired) electrons. The fourth-order valence-electron chi connectivity index (χ4n) is 3.18. The first-order chi connectivity index (χ1) is 11.4. The van der Waals surface area contributed by atoms with Crippen LogP contribution in [-0.4, -0.2) is 17.5 Å². The molecule has 1 heteroatoms. The van der Waals surface area contributed by atoms with Gasteiger partial charge in [0, 0.05) is 19.0 Å². The quantitative estimate of drug-likeness (QED) is 0.470. The molecular formula is C22H31N. The maximum atomic E-state index is 3.29. The zero-order valence-electron chi connectivity index (χ0n) is 14.6. The first-order valence-electron chi connectivity index (χ1n) is 9.33. The maximum Gasteiger partial charge on any atom is 0.0290 e. The van der Waals surface area contributed by atoms with E-state index in [0.717, 1.165) is 13.0 Å². The summed E-state index contributed by atoms with van der Waals surface area (Å²) >= 11 is 0. The van der Waals surface area contributed by atoms with Crippen molar-refractivity contribution in [2.45, 2.75) is 70.9 Å². The lowest BCUT2D eigenvalue weighted by atomic mass is 10.0. The normalized spacial score (nSPS) is 18.7. The molecule has 0 saturated carbocycles. The average molecular weight is 309 g/mol. The molecule has 124 valence electrons. The van der Waals surface area contributed by atoms with Gasteiger partial charge in [-0.25, -0.2) is 0 Å². The van der Waals surface area contributed by atoms with Crippen LogP contribution in [0.25, 0.3) is 0 Å². The highest BCUT2D eigenvalue weighted by Crippen LogP contribution is 2.20.